The minimum atomic E-state index is -3.06. The minimum Gasteiger partial charge on any atom is -0.316 e. The molecule has 1 aliphatic rings. The van der Waals surface area contributed by atoms with Crippen molar-refractivity contribution in [1.29, 1.82) is 0 Å². The molecule has 0 unspecified atom stereocenters. The van der Waals surface area contributed by atoms with Gasteiger partial charge < -0.3 is 5.32 Å². The molecule has 1 rings (SSSR count). The van der Waals surface area contributed by atoms with Gasteiger partial charge in [0.05, 0.1) is 5.75 Å². The lowest BCUT2D eigenvalue weighted by atomic mass is 10.2. The highest BCUT2D eigenvalue weighted by Crippen LogP contribution is 2.30. The molecule has 0 aromatic heterocycles. The number of hydrogen-bond acceptors (Lipinski definition) is 3. The van der Waals surface area contributed by atoms with Crippen LogP contribution >= 0.6 is 0 Å². The van der Waals surface area contributed by atoms with E-state index in [1.165, 1.54) is 0 Å². The van der Waals surface area contributed by atoms with Crippen molar-refractivity contribution in [2.45, 2.75) is 39.7 Å². The van der Waals surface area contributed by atoms with Crippen LogP contribution in [0.15, 0.2) is 0 Å². The van der Waals surface area contributed by atoms with Crippen molar-refractivity contribution in [2.24, 2.45) is 5.92 Å². The molecule has 1 N–H and O–H groups in total. The summed E-state index contributed by atoms with van der Waals surface area (Å²) in [6.45, 7) is 8.16. The molecule has 0 heterocycles. The molecule has 16 heavy (non-hydrogen) atoms. The van der Waals surface area contributed by atoms with Gasteiger partial charge in [0.1, 0.15) is 0 Å². The van der Waals surface area contributed by atoms with Crippen LogP contribution < -0.4 is 5.32 Å². The van der Waals surface area contributed by atoms with E-state index in [1.54, 1.807) is 4.31 Å². The molecule has 0 spiro atoms. The predicted octanol–water partition coefficient (Wildman–Crippen LogP) is 1.05. The highest BCUT2D eigenvalue weighted by Gasteiger charge is 2.36. The Balaban J connectivity index is 2.54. The van der Waals surface area contributed by atoms with Gasteiger partial charge in [0.15, 0.2) is 0 Å². The zero-order valence-corrected chi connectivity index (χ0v) is 11.4. The minimum absolute atomic E-state index is 0.226. The lowest BCUT2D eigenvalue weighted by molar-refractivity contribution is 0.360. The summed E-state index contributed by atoms with van der Waals surface area (Å²) in [6, 6.07) is 0.286. The molecule has 4 nitrogen and oxygen atoms in total. The summed E-state index contributed by atoms with van der Waals surface area (Å²) in [6.07, 6.45) is 2.07. The van der Waals surface area contributed by atoms with Gasteiger partial charge in [-0.1, -0.05) is 20.8 Å². The molecule has 0 atom stereocenters. The largest absolute Gasteiger partial charge is 0.316 e. The molecule has 0 saturated heterocycles. The van der Waals surface area contributed by atoms with E-state index in [1.807, 2.05) is 6.92 Å². The van der Waals surface area contributed by atoms with Crippen molar-refractivity contribution >= 4 is 10.0 Å². The Morgan fingerprint density at radius 2 is 2.00 bits per heavy atom. The molecule has 0 bridgehead atoms. The normalized spacial score (nSPS) is 17.3. The van der Waals surface area contributed by atoms with Crippen molar-refractivity contribution in [3.8, 4) is 0 Å². The van der Waals surface area contributed by atoms with Crippen LogP contribution in [0.25, 0.3) is 0 Å². The second-order valence-corrected chi connectivity index (χ2v) is 6.91. The topological polar surface area (TPSA) is 49.4 Å². The van der Waals surface area contributed by atoms with Crippen molar-refractivity contribution < 1.29 is 8.42 Å². The summed E-state index contributed by atoms with van der Waals surface area (Å²) in [5.74, 6) is 0.624. The first-order valence-corrected chi connectivity index (χ1v) is 7.78. The molecule has 0 radical (unpaired) electrons. The molecule has 0 aromatic carbocycles. The SMILES string of the molecule is CCNCCS(=O)(=O)N(CC(C)C)C1CC1. The van der Waals surface area contributed by atoms with Crippen LogP contribution in [-0.4, -0.2) is 44.2 Å². The van der Waals surface area contributed by atoms with Gasteiger partial charge in [-0.2, -0.15) is 4.31 Å². The highest BCUT2D eigenvalue weighted by molar-refractivity contribution is 7.89. The van der Waals surface area contributed by atoms with E-state index in [9.17, 15) is 8.42 Å². The molecular formula is C11H24N2O2S. The van der Waals surface area contributed by atoms with Crippen LogP contribution in [0.2, 0.25) is 0 Å². The van der Waals surface area contributed by atoms with Crippen molar-refractivity contribution in [3.63, 3.8) is 0 Å². The van der Waals surface area contributed by atoms with Crippen molar-refractivity contribution in [3.05, 3.63) is 0 Å². The molecule has 1 fully saturated rings. The molecular weight excluding hydrogens is 224 g/mol. The zero-order chi connectivity index (χ0) is 12.2. The Bertz CT molecular complexity index is 297. The van der Waals surface area contributed by atoms with E-state index >= 15 is 0 Å². The Morgan fingerprint density at radius 1 is 1.38 bits per heavy atom. The average Bonchev–Trinajstić information content (AvgIpc) is 2.97. The third-order valence-electron chi connectivity index (χ3n) is 2.64. The lowest BCUT2D eigenvalue weighted by Gasteiger charge is -2.23. The Labute approximate surface area is 99.5 Å². The third-order valence-corrected chi connectivity index (χ3v) is 4.53. The van der Waals surface area contributed by atoms with Crippen LogP contribution in [0, 0.1) is 5.92 Å². The molecule has 1 aliphatic carbocycles. The van der Waals surface area contributed by atoms with Crippen LogP contribution in [0.1, 0.15) is 33.6 Å². The van der Waals surface area contributed by atoms with E-state index in [0.717, 1.165) is 19.4 Å². The summed E-state index contributed by atoms with van der Waals surface area (Å²) in [5, 5.41) is 3.07. The van der Waals surface area contributed by atoms with Crippen LogP contribution in [0.4, 0.5) is 0 Å². The first kappa shape index (κ1) is 13.9. The fraction of sp³-hybridized carbons (Fsp3) is 1.00. The number of rotatable bonds is 8. The van der Waals surface area contributed by atoms with Gasteiger partial charge >= 0.3 is 0 Å². The zero-order valence-electron chi connectivity index (χ0n) is 10.6. The summed E-state index contributed by atoms with van der Waals surface area (Å²) >= 11 is 0. The summed E-state index contributed by atoms with van der Waals surface area (Å²) in [5.41, 5.74) is 0. The Morgan fingerprint density at radius 3 is 2.44 bits per heavy atom. The maximum Gasteiger partial charge on any atom is 0.215 e. The highest BCUT2D eigenvalue weighted by atomic mass is 32.2. The van der Waals surface area contributed by atoms with Crippen LogP contribution in [-0.2, 0) is 10.0 Å². The predicted molar refractivity (Wildman–Crippen MR) is 66.9 cm³/mol. The van der Waals surface area contributed by atoms with E-state index in [4.69, 9.17) is 0 Å². The standard InChI is InChI=1S/C11H24N2O2S/c1-4-12-7-8-16(14,15)13(9-10(2)3)11-5-6-11/h10-12H,4-9H2,1-3H3. The van der Waals surface area contributed by atoms with E-state index in [0.29, 0.717) is 19.0 Å². The molecule has 1 saturated carbocycles. The fourth-order valence-electron chi connectivity index (χ4n) is 1.71. The Kier molecular flexibility index (Phi) is 5.21. The molecule has 96 valence electrons. The van der Waals surface area contributed by atoms with Gasteiger partial charge in [0, 0.05) is 19.1 Å². The van der Waals surface area contributed by atoms with Crippen molar-refractivity contribution in [2.75, 3.05) is 25.4 Å². The van der Waals surface area contributed by atoms with Gasteiger partial charge in [-0.25, -0.2) is 8.42 Å². The monoisotopic (exact) mass is 248 g/mol. The quantitative estimate of drug-likeness (QED) is 0.653. The Hall–Kier alpha value is -0.130. The van der Waals surface area contributed by atoms with E-state index < -0.39 is 10.0 Å². The summed E-state index contributed by atoms with van der Waals surface area (Å²) in [4.78, 5) is 0. The smallest absolute Gasteiger partial charge is 0.215 e. The van der Waals surface area contributed by atoms with E-state index in [-0.39, 0.29) is 11.8 Å². The van der Waals surface area contributed by atoms with Crippen molar-refractivity contribution in [1.82, 2.24) is 9.62 Å². The number of nitrogens with one attached hydrogen (secondary N) is 1. The van der Waals surface area contributed by atoms with Gasteiger partial charge in [-0.3, -0.25) is 0 Å². The summed E-state index contributed by atoms with van der Waals surface area (Å²) in [7, 11) is -3.06. The molecule has 0 amide bonds. The maximum absolute atomic E-state index is 12.1. The van der Waals surface area contributed by atoms with Gasteiger partial charge in [-0.05, 0) is 25.3 Å². The average molecular weight is 248 g/mol. The molecule has 0 aliphatic heterocycles. The van der Waals surface area contributed by atoms with Crippen LogP contribution in [0.3, 0.4) is 0 Å². The molecule has 5 heteroatoms. The fourth-order valence-corrected chi connectivity index (χ4v) is 3.53. The molecule has 0 aromatic rings. The number of nitrogens with zero attached hydrogens (tertiary/aromatic N) is 1. The maximum atomic E-state index is 12.1. The van der Waals surface area contributed by atoms with Gasteiger partial charge in [0.25, 0.3) is 0 Å². The van der Waals surface area contributed by atoms with E-state index in [2.05, 4.69) is 19.2 Å². The van der Waals surface area contributed by atoms with Gasteiger partial charge in [0.2, 0.25) is 10.0 Å². The van der Waals surface area contributed by atoms with Gasteiger partial charge in [-0.15, -0.1) is 0 Å². The number of sulfonamides is 1. The first-order chi connectivity index (χ1) is 7.47. The second-order valence-electron chi connectivity index (χ2n) is 4.86. The second kappa shape index (κ2) is 5.98. The lowest BCUT2D eigenvalue weighted by Crippen LogP contribution is -2.40. The van der Waals surface area contributed by atoms with Crippen LogP contribution in [0.5, 0.6) is 0 Å². The first-order valence-electron chi connectivity index (χ1n) is 6.17. The number of hydrogen-bond donors (Lipinski definition) is 1. The summed E-state index contributed by atoms with van der Waals surface area (Å²) < 4.78 is 25.9. The third kappa shape index (κ3) is 4.39.